The lowest BCUT2D eigenvalue weighted by Gasteiger charge is -2.36. The van der Waals surface area contributed by atoms with E-state index in [0.29, 0.717) is 6.54 Å². The van der Waals surface area contributed by atoms with Crippen LogP contribution in [0.1, 0.15) is 27.0 Å². The number of carbonyl (C=O) groups is 1. The number of piperazine rings is 1. The minimum atomic E-state index is -0.937. The summed E-state index contributed by atoms with van der Waals surface area (Å²) in [5.41, 5.74) is 4.64. The summed E-state index contributed by atoms with van der Waals surface area (Å²) < 4.78 is 10.9. The van der Waals surface area contributed by atoms with Crippen LogP contribution in [-0.2, 0) is 13.1 Å². The zero-order chi connectivity index (χ0) is 24.9. The molecular weight excluding hydrogens is 456 g/mol. The SMILES string of the molecule is Cc1ccc(CN=C(Nc2ccc(C(=O)O)cc2)N2CCN(Cc3ccc4c(c3)OCO4)CC2)cc1. The number of benzene rings is 3. The number of hydrogen-bond donors (Lipinski definition) is 2. The Morgan fingerprint density at radius 1 is 0.917 bits per heavy atom. The largest absolute Gasteiger partial charge is 0.478 e. The third-order valence-corrected chi connectivity index (χ3v) is 6.43. The third-order valence-electron chi connectivity index (χ3n) is 6.43. The van der Waals surface area contributed by atoms with Crippen molar-refractivity contribution in [2.24, 2.45) is 4.99 Å². The molecule has 5 rings (SSSR count). The van der Waals surface area contributed by atoms with E-state index in [1.165, 1.54) is 11.1 Å². The number of anilines is 1. The number of nitrogens with zero attached hydrogens (tertiary/aromatic N) is 3. The van der Waals surface area contributed by atoms with E-state index in [1.807, 2.05) is 6.07 Å². The minimum Gasteiger partial charge on any atom is -0.478 e. The maximum atomic E-state index is 11.2. The maximum Gasteiger partial charge on any atom is 0.335 e. The predicted molar refractivity (Wildman–Crippen MR) is 139 cm³/mol. The predicted octanol–water partition coefficient (Wildman–Crippen LogP) is 4.21. The molecule has 0 atom stereocenters. The molecule has 2 heterocycles. The zero-order valence-electron chi connectivity index (χ0n) is 20.3. The first kappa shape index (κ1) is 23.7. The first-order chi connectivity index (χ1) is 17.5. The van der Waals surface area contributed by atoms with Crippen LogP contribution in [-0.4, -0.2) is 59.8 Å². The molecule has 0 spiro atoms. The quantitative estimate of drug-likeness (QED) is 0.399. The summed E-state index contributed by atoms with van der Waals surface area (Å²) in [6.07, 6.45) is 0. The van der Waals surface area contributed by atoms with E-state index < -0.39 is 5.97 Å². The maximum absolute atomic E-state index is 11.2. The number of carboxylic acids is 1. The number of ether oxygens (including phenoxy) is 2. The Labute approximate surface area is 210 Å². The lowest BCUT2D eigenvalue weighted by atomic mass is 10.1. The Morgan fingerprint density at radius 3 is 2.33 bits per heavy atom. The summed E-state index contributed by atoms with van der Waals surface area (Å²) >= 11 is 0. The van der Waals surface area contributed by atoms with Gasteiger partial charge in [-0.1, -0.05) is 35.9 Å². The van der Waals surface area contributed by atoms with Crippen LogP contribution >= 0.6 is 0 Å². The van der Waals surface area contributed by atoms with Crippen molar-refractivity contribution < 1.29 is 19.4 Å². The van der Waals surface area contributed by atoms with Gasteiger partial charge in [0.25, 0.3) is 0 Å². The van der Waals surface area contributed by atoms with Gasteiger partial charge in [0, 0.05) is 38.4 Å². The second-order valence-corrected chi connectivity index (χ2v) is 9.08. The second kappa shape index (κ2) is 10.7. The molecule has 0 aromatic heterocycles. The monoisotopic (exact) mass is 486 g/mol. The number of carboxylic acid groups (broad SMARTS) is 1. The number of aryl methyl sites for hydroxylation is 1. The number of nitrogens with one attached hydrogen (secondary N) is 1. The van der Waals surface area contributed by atoms with E-state index in [4.69, 9.17) is 14.5 Å². The molecule has 2 aliphatic rings. The van der Waals surface area contributed by atoms with E-state index in [9.17, 15) is 9.90 Å². The zero-order valence-corrected chi connectivity index (χ0v) is 20.3. The highest BCUT2D eigenvalue weighted by molar-refractivity contribution is 5.94. The molecule has 36 heavy (non-hydrogen) atoms. The van der Waals surface area contributed by atoms with Gasteiger partial charge in [0.05, 0.1) is 12.1 Å². The summed E-state index contributed by atoms with van der Waals surface area (Å²) in [6, 6.07) is 21.3. The molecule has 8 nitrogen and oxygen atoms in total. The molecule has 3 aromatic rings. The molecule has 0 bridgehead atoms. The van der Waals surface area contributed by atoms with E-state index >= 15 is 0 Å². The van der Waals surface area contributed by atoms with Gasteiger partial charge in [-0.3, -0.25) is 4.90 Å². The molecule has 0 aliphatic carbocycles. The molecule has 0 saturated carbocycles. The van der Waals surface area contributed by atoms with Crippen LogP contribution in [0.15, 0.2) is 71.7 Å². The van der Waals surface area contributed by atoms with Gasteiger partial charge in [-0.25, -0.2) is 9.79 Å². The first-order valence-electron chi connectivity index (χ1n) is 12.1. The first-order valence-corrected chi connectivity index (χ1v) is 12.1. The van der Waals surface area contributed by atoms with Crippen molar-refractivity contribution in [2.45, 2.75) is 20.0 Å². The van der Waals surface area contributed by atoms with Crippen molar-refractivity contribution in [2.75, 3.05) is 38.3 Å². The highest BCUT2D eigenvalue weighted by atomic mass is 16.7. The van der Waals surface area contributed by atoms with Crippen molar-refractivity contribution in [3.8, 4) is 11.5 Å². The smallest absolute Gasteiger partial charge is 0.335 e. The normalized spacial score (nSPS) is 15.7. The van der Waals surface area contributed by atoms with Crippen molar-refractivity contribution >= 4 is 17.6 Å². The number of hydrogen-bond acceptors (Lipinski definition) is 5. The number of rotatable bonds is 6. The van der Waals surface area contributed by atoms with Crippen LogP contribution < -0.4 is 14.8 Å². The van der Waals surface area contributed by atoms with E-state index in [0.717, 1.165) is 61.4 Å². The fraction of sp³-hybridized carbons (Fsp3) is 0.286. The van der Waals surface area contributed by atoms with Crippen molar-refractivity contribution in [1.29, 1.82) is 0 Å². The van der Waals surface area contributed by atoms with Crippen LogP contribution in [0.5, 0.6) is 11.5 Å². The minimum absolute atomic E-state index is 0.260. The summed E-state index contributed by atoms with van der Waals surface area (Å²) in [7, 11) is 0. The Balaban J connectivity index is 1.26. The molecule has 3 aromatic carbocycles. The van der Waals surface area contributed by atoms with Gasteiger partial charge < -0.3 is 24.8 Å². The summed E-state index contributed by atoms with van der Waals surface area (Å²) in [4.78, 5) is 20.8. The molecule has 1 fully saturated rings. The fourth-order valence-electron chi connectivity index (χ4n) is 4.32. The number of guanidine groups is 1. The summed E-state index contributed by atoms with van der Waals surface area (Å²) in [5, 5.41) is 12.6. The van der Waals surface area contributed by atoms with Gasteiger partial charge in [-0.05, 0) is 54.4 Å². The van der Waals surface area contributed by atoms with Crippen molar-refractivity contribution in [3.05, 3.63) is 89.0 Å². The standard InChI is InChI=1S/C28H30N4O4/c1-20-2-4-21(5-3-20)17-29-28(30-24-9-7-23(8-10-24)27(33)34)32-14-12-31(13-15-32)18-22-6-11-25-26(16-22)36-19-35-25/h2-11,16H,12-15,17-19H2,1H3,(H,29,30)(H,33,34). The second-order valence-electron chi connectivity index (χ2n) is 9.08. The fourth-order valence-corrected chi connectivity index (χ4v) is 4.32. The van der Waals surface area contributed by atoms with Gasteiger partial charge in [-0.15, -0.1) is 0 Å². The Morgan fingerprint density at radius 2 is 1.61 bits per heavy atom. The Bertz CT molecular complexity index is 1230. The highest BCUT2D eigenvalue weighted by Crippen LogP contribution is 2.32. The average Bonchev–Trinajstić information content (AvgIpc) is 3.36. The van der Waals surface area contributed by atoms with Crippen LogP contribution in [0.3, 0.4) is 0 Å². The molecule has 0 radical (unpaired) electrons. The van der Waals surface area contributed by atoms with Gasteiger partial charge in [0.15, 0.2) is 17.5 Å². The van der Waals surface area contributed by atoms with Gasteiger partial charge >= 0.3 is 5.97 Å². The van der Waals surface area contributed by atoms with Crippen LogP contribution in [0.2, 0.25) is 0 Å². The van der Waals surface area contributed by atoms with Gasteiger partial charge in [0.2, 0.25) is 6.79 Å². The number of fused-ring (bicyclic) bond motifs is 1. The molecule has 2 aliphatic heterocycles. The van der Waals surface area contributed by atoms with Gasteiger partial charge in [0.1, 0.15) is 0 Å². The summed E-state index contributed by atoms with van der Waals surface area (Å²) in [6.45, 7) is 7.24. The molecule has 0 amide bonds. The lowest BCUT2D eigenvalue weighted by Crippen LogP contribution is -2.50. The number of aliphatic imine (C=N–C) groups is 1. The average molecular weight is 487 g/mol. The summed E-state index contributed by atoms with van der Waals surface area (Å²) in [5.74, 6) is 1.48. The topological polar surface area (TPSA) is 86.6 Å². The van der Waals surface area contributed by atoms with Crippen LogP contribution in [0, 0.1) is 6.92 Å². The van der Waals surface area contributed by atoms with E-state index in [-0.39, 0.29) is 12.4 Å². The lowest BCUT2D eigenvalue weighted by molar-refractivity contribution is 0.0697. The van der Waals surface area contributed by atoms with Crippen molar-refractivity contribution in [3.63, 3.8) is 0 Å². The third kappa shape index (κ3) is 5.78. The molecule has 0 unspecified atom stereocenters. The molecule has 186 valence electrons. The molecule has 8 heteroatoms. The Hall–Kier alpha value is -4.04. The number of aromatic carboxylic acids is 1. The van der Waals surface area contributed by atoms with Crippen LogP contribution in [0.25, 0.3) is 0 Å². The van der Waals surface area contributed by atoms with E-state index in [1.54, 1.807) is 24.3 Å². The molecule has 1 saturated heterocycles. The van der Waals surface area contributed by atoms with E-state index in [2.05, 4.69) is 58.4 Å². The molecule has 2 N–H and O–H groups in total. The van der Waals surface area contributed by atoms with Crippen molar-refractivity contribution in [1.82, 2.24) is 9.80 Å². The Kier molecular flexibility index (Phi) is 7.04. The van der Waals surface area contributed by atoms with Gasteiger partial charge in [-0.2, -0.15) is 0 Å². The van der Waals surface area contributed by atoms with Crippen LogP contribution in [0.4, 0.5) is 5.69 Å². The highest BCUT2D eigenvalue weighted by Gasteiger charge is 2.21. The molecular formula is C28H30N4O4.